The van der Waals surface area contributed by atoms with Crippen LogP contribution in [0.1, 0.15) is 18.3 Å². The van der Waals surface area contributed by atoms with Crippen LogP contribution in [-0.2, 0) is 6.42 Å². The number of hydrogen-bond acceptors (Lipinski definition) is 1. The summed E-state index contributed by atoms with van der Waals surface area (Å²) in [4.78, 5) is 4.42. The second-order valence-electron chi connectivity index (χ2n) is 3.40. The average Bonchev–Trinajstić information content (AvgIpc) is 2.55. The lowest BCUT2D eigenvalue weighted by molar-refractivity contribution is 1.03. The van der Waals surface area contributed by atoms with E-state index in [9.17, 15) is 0 Å². The van der Waals surface area contributed by atoms with Crippen molar-refractivity contribution in [1.82, 2.24) is 9.38 Å². The minimum atomic E-state index is 0.962. The summed E-state index contributed by atoms with van der Waals surface area (Å²) in [5, 5.41) is 0. The normalized spacial score (nSPS) is 11.6. The van der Waals surface area contributed by atoms with Crippen molar-refractivity contribution in [3.05, 3.63) is 47.9 Å². The molecule has 2 aromatic rings. The Morgan fingerprint density at radius 3 is 3.07 bits per heavy atom. The highest BCUT2D eigenvalue weighted by atomic mass is 15.0. The van der Waals surface area contributed by atoms with Gasteiger partial charge in [-0.3, -0.25) is 0 Å². The predicted octanol–water partition coefficient (Wildman–Crippen LogP) is 2.76. The van der Waals surface area contributed by atoms with E-state index in [1.165, 1.54) is 5.69 Å². The maximum Gasteiger partial charge on any atom is 0.137 e. The first-order valence-corrected chi connectivity index (χ1v) is 4.86. The van der Waals surface area contributed by atoms with E-state index in [4.69, 9.17) is 0 Å². The van der Waals surface area contributed by atoms with E-state index in [0.29, 0.717) is 0 Å². The molecule has 0 fully saturated rings. The summed E-state index contributed by atoms with van der Waals surface area (Å²) in [6, 6.07) is 6.22. The Morgan fingerprint density at radius 2 is 2.29 bits per heavy atom. The summed E-state index contributed by atoms with van der Waals surface area (Å²) in [5.74, 6) is 0. The molecular formula is C12H14N2. The Bertz CT molecular complexity index is 466. The fourth-order valence-corrected chi connectivity index (χ4v) is 1.59. The summed E-state index contributed by atoms with van der Waals surface area (Å²) >= 11 is 0. The van der Waals surface area contributed by atoms with Crippen LogP contribution in [0.15, 0.2) is 36.5 Å². The van der Waals surface area contributed by atoms with Gasteiger partial charge >= 0.3 is 0 Å². The first-order chi connectivity index (χ1) is 6.81. The molecule has 14 heavy (non-hydrogen) atoms. The molecule has 2 heteroatoms. The molecule has 0 saturated carbocycles. The minimum absolute atomic E-state index is 0.962. The standard InChI is InChI=1S/C12H14N2/c1-3-4-6-11-7-5-8-12-13-10(2)9-14(11)12/h3-5,7-9H,6H2,1-2H3/b4-3+. The lowest BCUT2D eigenvalue weighted by atomic mass is 10.2. The van der Waals surface area contributed by atoms with Gasteiger partial charge in [0.2, 0.25) is 0 Å². The number of hydrogen-bond donors (Lipinski definition) is 0. The van der Waals surface area contributed by atoms with E-state index >= 15 is 0 Å². The van der Waals surface area contributed by atoms with Crippen molar-refractivity contribution >= 4 is 5.65 Å². The Labute approximate surface area is 83.9 Å². The molecule has 2 nitrogen and oxygen atoms in total. The van der Waals surface area contributed by atoms with Gasteiger partial charge in [0.05, 0.1) is 5.69 Å². The van der Waals surface area contributed by atoms with E-state index in [0.717, 1.165) is 17.8 Å². The van der Waals surface area contributed by atoms with Crippen molar-refractivity contribution in [3.8, 4) is 0 Å². The second-order valence-corrected chi connectivity index (χ2v) is 3.40. The highest BCUT2D eigenvalue weighted by Crippen LogP contribution is 2.09. The van der Waals surface area contributed by atoms with Crippen molar-refractivity contribution in [2.24, 2.45) is 0 Å². The monoisotopic (exact) mass is 186 g/mol. The van der Waals surface area contributed by atoms with Gasteiger partial charge in [0.25, 0.3) is 0 Å². The molecule has 0 saturated heterocycles. The van der Waals surface area contributed by atoms with Gasteiger partial charge in [0, 0.05) is 18.3 Å². The van der Waals surface area contributed by atoms with Gasteiger partial charge in [-0.2, -0.15) is 0 Å². The summed E-state index contributed by atoms with van der Waals surface area (Å²) in [7, 11) is 0. The van der Waals surface area contributed by atoms with Crippen LogP contribution in [0, 0.1) is 6.92 Å². The molecule has 72 valence electrons. The van der Waals surface area contributed by atoms with Crippen LogP contribution < -0.4 is 0 Å². The fourth-order valence-electron chi connectivity index (χ4n) is 1.59. The molecule has 0 spiro atoms. The molecule has 0 aromatic carbocycles. The third-order valence-corrected chi connectivity index (χ3v) is 2.26. The molecule has 0 aliphatic carbocycles. The van der Waals surface area contributed by atoms with Gasteiger partial charge in [-0.15, -0.1) is 0 Å². The average molecular weight is 186 g/mol. The Kier molecular flexibility index (Phi) is 2.35. The largest absolute Gasteiger partial charge is 0.304 e. The van der Waals surface area contributed by atoms with Crippen molar-refractivity contribution in [2.45, 2.75) is 20.3 Å². The smallest absolute Gasteiger partial charge is 0.137 e. The lowest BCUT2D eigenvalue weighted by Crippen LogP contribution is -1.93. The van der Waals surface area contributed by atoms with Crippen molar-refractivity contribution in [2.75, 3.05) is 0 Å². The highest BCUT2D eigenvalue weighted by molar-refractivity contribution is 5.41. The van der Waals surface area contributed by atoms with Gasteiger partial charge in [0.15, 0.2) is 0 Å². The van der Waals surface area contributed by atoms with Crippen molar-refractivity contribution in [1.29, 1.82) is 0 Å². The molecule has 0 unspecified atom stereocenters. The van der Waals surface area contributed by atoms with Crippen molar-refractivity contribution in [3.63, 3.8) is 0 Å². The molecule has 0 aliphatic heterocycles. The maximum absolute atomic E-state index is 4.42. The topological polar surface area (TPSA) is 17.3 Å². The number of fused-ring (bicyclic) bond motifs is 1. The van der Waals surface area contributed by atoms with E-state index < -0.39 is 0 Å². The molecule has 0 N–H and O–H groups in total. The minimum Gasteiger partial charge on any atom is -0.304 e. The third kappa shape index (κ3) is 1.55. The molecule has 0 radical (unpaired) electrons. The van der Waals surface area contributed by atoms with Gasteiger partial charge in [-0.05, 0) is 26.0 Å². The fraction of sp³-hybridized carbons (Fsp3) is 0.250. The third-order valence-electron chi connectivity index (χ3n) is 2.26. The summed E-state index contributed by atoms with van der Waals surface area (Å²) < 4.78 is 2.15. The molecular weight excluding hydrogens is 172 g/mol. The summed E-state index contributed by atoms with van der Waals surface area (Å²) in [6.07, 6.45) is 7.27. The lowest BCUT2D eigenvalue weighted by Gasteiger charge is -2.00. The molecule has 2 rings (SSSR count). The number of imidazole rings is 1. The quantitative estimate of drug-likeness (QED) is 0.659. The number of pyridine rings is 1. The van der Waals surface area contributed by atoms with Crippen molar-refractivity contribution < 1.29 is 0 Å². The van der Waals surface area contributed by atoms with E-state index in [2.05, 4.69) is 39.9 Å². The van der Waals surface area contributed by atoms with Gasteiger partial charge in [-0.25, -0.2) is 4.98 Å². The Balaban J connectivity index is 2.52. The first-order valence-electron chi connectivity index (χ1n) is 4.86. The van der Waals surface area contributed by atoms with Crippen LogP contribution >= 0.6 is 0 Å². The van der Waals surface area contributed by atoms with Crippen LogP contribution in [0.3, 0.4) is 0 Å². The molecule has 0 atom stereocenters. The second kappa shape index (κ2) is 3.66. The van der Waals surface area contributed by atoms with Crippen LogP contribution in [0.5, 0.6) is 0 Å². The molecule has 2 heterocycles. The molecule has 0 aliphatic rings. The first kappa shape index (κ1) is 9.00. The molecule has 2 aromatic heterocycles. The van der Waals surface area contributed by atoms with Gasteiger partial charge in [0.1, 0.15) is 5.65 Å². The number of allylic oxidation sites excluding steroid dienone is 2. The van der Waals surface area contributed by atoms with Crippen LogP contribution in [-0.4, -0.2) is 9.38 Å². The number of rotatable bonds is 2. The van der Waals surface area contributed by atoms with Crippen LogP contribution in [0.2, 0.25) is 0 Å². The Morgan fingerprint density at radius 1 is 1.43 bits per heavy atom. The molecule has 0 amide bonds. The van der Waals surface area contributed by atoms with Crippen LogP contribution in [0.25, 0.3) is 5.65 Å². The predicted molar refractivity (Wildman–Crippen MR) is 58.4 cm³/mol. The number of nitrogens with zero attached hydrogens (tertiary/aromatic N) is 2. The highest BCUT2D eigenvalue weighted by Gasteiger charge is 2.00. The number of aromatic nitrogens is 2. The zero-order valence-electron chi connectivity index (χ0n) is 8.57. The Hall–Kier alpha value is -1.57. The molecule has 0 bridgehead atoms. The SMILES string of the molecule is C/C=C/Cc1cccc2nc(C)cn12. The van der Waals surface area contributed by atoms with E-state index in [1.807, 2.05) is 19.9 Å². The summed E-state index contributed by atoms with van der Waals surface area (Å²) in [6.45, 7) is 4.06. The van der Waals surface area contributed by atoms with E-state index in [-0.39, 0.29) is 0 Å². The van der Waals surface area contributed by atoms with E-state index in [1.54, 1.807) is 0 Å². The van der Waals surface area contributed by atoms with Gasteiger partial charge in [-0.1, -0.05) is 18.2 Å². The zero-order chi connectivity index (χ0) is 9.97. The summed E-state index contributed by atoms with van der Waals surface area (Å²) in [5.41, 5.74) is 3.38. The van der Waals surface area contributed by atoms with Crippen LogP contribution in [0.4, 0.5) is 0 Å². The van der Waals surface area contributed by atoms with Gasteiger partial charge < -0.3 is 4.40 Å². The number of aryl methyl sites for hydroxylation is 1. The maximum atomic E-state index is 4.42. The zero-order valence-corrected chi connectivity index (χ0v) is 8.57.